The Morgan fingerprint density at radius 3 is 2.22 bits per heavy atom. The summed E-state index contributed by atoms with van der Waals surface area (Å²) in [5, 5.41) is 3.06. The molecule has 1 heterocycles. The number of nitrogens with zero attached hydrogens (tertiary/aromatic N) is 2. The fourth-order valence-corrected chi connectivity index (χ4v) is 5.42. The van der Waals surface area contributed by atoms with Crippen LogP contribution in [-0.4, -0.2) is 62.8 Å². The van der Waals surface area contributed by atoms with Gasteiger partial charge in [-0.1, -0.05) is 19.3 Å². The van der Waals surface area contributed by atoms with Crippen LogP contribution in [0.25, 0.3) is 0 Å². The minimum atomic E-state index is -3.52. The number of sulfonamides is 1. The van der Waals surface area contributed by atoms with Gasteiger partial charge in [0.15, 0.2) is 0 Å². The number of piperidine rings is 1. The number of rotatable bonds is 5. The maximum Gasteiger partial charge on any atom is 0.251 e. The highest BCUT2D eigenvalue weighted by Crippen LogP contribution is 2.26. The molecule has 1 aromatic rings. The molecule has 0 unspecified atom stereocenters. The Morgan fingerprint density at radius 2 is 1.63 bits per heavy atom. The van der Waals surface area contributed by atoms with Crippen LogP contribution in [0.5, 0.6) is 0 Å². The second kappa shape index (κ2) is 8.71. The highest BCUT2D eigenvalue weighted by Gasteiger charge is 2.29. The van der Waals surface area contributed by atoms with E-state index in [0.717, 1.165) is 51.6 Å². The maximum atomic E-state index is 12.9. The molecule has 2 aliphatic rings. The van der Waals surface area contributed by atoms with Crippen molar-refractivity contribution in [2.45, 2.75) is 61.9 Å². The lowest BCUT2D eigenvalue weighted by Crippen LogP contribution is -2.43. The number of carbonyl (C=O) groups is 1. The lowest BCUT2D eigenvalue weighted by atomic mass is 9.96. The summed E-state index contributed by atoms with van der Waals surface area (Å²) in [4.78, 5) is 15.0. The normalized spacial score (nSPS) is 20.7. The number of carbonyl (C=O) groups excluding carboxylic acids is 1. The Balaban J connectivity index is 1.64. The van der Waals surface area contributed by atoms with Crippen LogP contribution < -0.4 is 5.32 Å². The Kier molecular flexibility index (Phi) is 6.55. The molecule has 1 aliphatic carbocycles. The fourth-order valence-electron chi connectivity index (χ4n) is 4.01. The first-order valence-corrected chi connectivity index (χ1v) is 11.4. The third kappa shape index (κ3) is 4.89. The number of nitrogens with one attached hydrogen (secondary N) is 1. The number of amides is 1. The first-order valence-electron chi connectivity index (χ1n) is 9.95. The molecule has 1 N–H and O–H groups in total. The smallest absolute Gasteiger partial charge is 0.251 e. The van der Waals surface area contributed by atoms with Gasteiger partial charge in [-0.2, -0.15) is 4.31 Å². The number of hydrogen-bond acceptors (Lipinski definition) is 4. The van der Waals surface area contributed by atoms with Crippen LogP contribution in [0.15, 0.2) is 29.2 Å². The van der Waals surface area contributed by atoms with Crippen molar-refractivity contribution in [3.8, 4) is 0 Å². The Labute approximate surface area is 163 Å². The minimum absolute atomic E-state index is 0.0798. The third-order valence-corrected chi connectivity index (χ3v) is 7.86. The zero-order valence-electron chi connectivity index (χ0n) is 16.4. The van der Waals surface area contributed by atoms with Crippen LogP contribution in [0, 0.1) is 0 Å². The average molecular weight is 394 g/mol. The molecule has 1 saturated carbocycles. The van der Waals surface area contributed by atoms with Gasteiger partial charge in [-0.15, -0.1) is 0 Å². The van der Waals surface area contributed by atoms with Gasteiger partial charge in [0.2, 0.25) is 10.0 Å². The molecule has 0 aromatic heterocycles. The molecule has 0 spiro atoms. The molecular weight excluding hydrogens is 362 g/mol. The van der Waals surface area contributed by atoms with Crippen LogP contribution >= 0.6 is 0 Å². The van der Waals surface area contributed by atoms with E-state index < -0.39 is 10.0 Å². The molecule has 2 fully saturated rings. The quantitative estimate of drug-likeness (QED) is 0.834. The van der Waals surface area contributed by atoms with E-state index in [-0.39, 0.29) is 22.9 Å². The largest absolute Gasteiger partial charge is 0.349 e. The third-order valence-electron chi connectivity index (χ3n) is 5.94. The van der Waals surface area contributed by atoms with Crippen LogP contribution in [0.1, 0.15) is 55.3 Å². The van der Waals surface area contributed by atoms with E-state index >= 15 is 0 Å². The highest BCUT2D eigenvalue weighted by atomic mass is 32.2. The summed E-state index contributed by atoms with van der Waals surface area (Å²) in [6, 6.07) is 6.61. The molecule has 6 nitrogen and oxygen atoms in total. The first kappa shape index (κ1) is 20.3. The van der Waals surface area contributed by atoms with Crippen molar-refractivity contribution >= 4 is 15.9 Å². The van der Waals surface area contributed by atoms with Crippen molar-refractivity contribution < 1.29 is 13.2 Å². The van der Waals surface area contributed by atoms with Gasteiger partial charge in [-0.3, -0.25) is 4.79 Å². The van der Waals surface area contributed by atoms with Gasteiger partial charge in [0.1, 0.15) is 0 Å². The van der Waals surface area contributed by atoms with Crippen molar-refractivity contribution in [3.63, 3.8) is 0 Å². The zero-order chi connectivity index (χ0) is 19.4. The number of likely N-dealkylation sites (tertiary alicyclic amines) is 1. The van der Waals surface area contributed by atoms with Crippen molar-refractivity contribution in [2.24, 2.45) is 0 Å². The van der Waals surface area contributed by atoms with Gasteiger partial charge in [0.25, 0.3) is 5.91 Å². The predicted molar refractivity (Wildman–Crippen MR) is 106 cm³/mol. The molecule has 27 heavy (non-hydrogen) atoms. The van der Waals surface area contributed by atoms with E-state index in [0.29, 0.717) is 5.56 Å². The van der Waals surface area contributed by atoms with E-state index in [9.17, 15) is 13.2 Å². The summed E-state index contributed by atoms with van der Waals surface area (Å²) in [7, 11) is 0.239. The van der Waals surface area contributed by atoms with Gasteiger partial charge in [-0.25, -0.2) is 8.42 Å². The van der Waals surface area contributed by atoms with E-state index in [1.54, 1.807) is 31.3 Å². The molecule has 1 amide bonds. The molecule has 0 radical (unpaired) electrons. The zero-order valence-corrected chi connectivity index (χ0v) is 17.2. The minimum Gasteiger partial charge on any atom is -0.349 e. The van der Waals surface area contributed by atoms with Crippen molar-refractivity contribution in [3.05, 3.63) is 29.8 Å². The maximum absolute atomic E-state index is 12.9. The van der Waals surface area contributed by atoms with E-state index in [1.165, 1.54) is 10.7 Å². The average Bonchev–Trinajstić information content (AvgIpc) is 2.70. The topological polar surface area (TPSA) is 69.7 Å². The molecule has 3 rings (SSSR count). The van der Waals surface area contributed by atoms with E-state index in [2.05, 4.69) is 17.3 Å². The first-order chi connectivity index (χ1) is 12.9. The summed E-state index contributed by atoms with van der Waals surface area (Å²) in [6.45, 7) is 1.96. The second-order valence-corrected chi connectivity index (χ2v) is 9.89. The van der Waals surface area contributed by atoms with Crippen molar-refractivity contribution in [2.75, 3.05) is 27.2 Å². The van der Waals surface area contributed by atoms with Crippen LogP contribution in [-0.2, 0) is 10.0 Å². The van der Waals surface area contributed by atoms with Crippen LogP contribution in [0.2, 0.25) is 0 Å². The SMILES string of the molecule is CN1CCC(NC(=O)c2ccc(S(=O)(=O)N(C)C3CCCCC3)cc2)CC1. The summed E-state index contributed by atoms with van der Waals surface area (Å²) >= 11 is 0. The monoisotopic (exact) mass is 393 g/mol. The molecule has 1 aromatic carbocycles. The molecule has 1 aliphatic heterocycles. The summed E-state index contributed by atoms with van der Waals surface area (Å²) < 4.78 is 27.3. The Hall–Kier alpha value is -1.44. The second-order valence-electron chi connectivity index (χ2n) is 7.89. The number of hydrogen-bond donors (Lipinski definition) is 1. The van der Waals surface area contributed by atoms with E-state index in [4.69, 9.17) is 0 Å². The Bertz CT molecular complexity index is 734. The lowest BCUT2D eigenvalue weighted by Gasteiger charge is -2.30. The van der Waals surface area contributed by atoms with Gasteiger partial charge >= 0.3 is 0 Å². The summed E-state index contributed by atoms with van der Waals surface area (Å²) in [6.07, 6.45) is 7.09. The molecule has 150 valence electrons. The van der Waals surface area contributed by atoms with Crippen LogP contribution in [0.3, 0.4) is 0 Å². The van der Waals surface area contributed by atoms with E-state index in [1.807, 2.05) is 0 Å². The summed E-state index contributed by atoms with van der Waals surface area (Å²) in [5.74, 6) is -0.130. The van der Waals surface area contributed by atoms with Crippen molar-refractivity contribution in [1.29, 1.82) is 0 Å². The van der Waals surface area contributed by atoms with Crippen LogP contribution in [0.4, 0.5) is 0 Å². The van der Waals surface area contributed by atoms with Gasteiger partial charge in [-0.05, 0) is 70.1 Å². The highest BCUT2D eigenvalue weighted by molar-refractivity contribution is 7.89. The van der Waals surface area contributed by atoms with Gasteiger partial charge in [0.05, 0.1) is 4.90 Å². The molecule has 0 bridgehead atoms. The van der Waals surface area contributed by atoms with Gasteiger partial charge < -0.3 is 10.2 Å². The standard InChI is InChI=1S/C20H31N3O3S/c1-22-14-12-17(13-15-22)21-20(24)16-8-10-19(11-9-16)27(25,26)23(2)18-6-4-3-5-7-18/h8-11,17-18H,3-7,12-15H2,1-2H3,(H,21,24). The fraction of sp³-hybridized carbons (Fsp3) is 0.650. The van der Waals surface area contributed by atoms with Crippen molar-refractivity contribution in [1.82, 2.24) is 14.5 Å². The predicted octanol–water partition coefficient (Wildman–Crippen LogP) is 2.46. The van der Waals surface area contributed by atoms with Gasteiger partial charge in [0, 0.05) is 24.7 Å². The molecule has 0 atom stereocenters. The Morgan fingerprint density at radius 1 is 1.04 bits per heavy atom. The molecular formula is C20H31N3O3S. The number of benzene rings is 1. The summed E-state index contributed by atoms with van der Waals surface area (Å²) in [5.41, 5.74) is 0.508. The lowest BCUT2D eigenvalue weighted by molar-refractivity contribution is 0.0916. The molecule has 7 heteroatoms. The molecule has 1 saturated heterocycles.